The monoisotopic (exact) mass is 273 g/mol. The predicted octanol–water partition coefficient (Wildman–Crippen LogP) is 1.66. The Morgan fingerprint density at radius 1 is 1.35 bits per heavy atom. The number of nitrogens with zero attached hydrogens (tertiary/aromatic N) is 5. The molecule has 0 fully saturated rings. The second-order valence-electron chi connectivity index (χ2n) is 4.03. The van der Waals surface area contributed by atoms with E-state index in [0.29, 0.717) is 23.9 Å². The summed E-state index contributed by atoms with van der Waals surface area (Å²) in [5.41, 5.74) is 0.769. The molecule has 0 radical (unpaired) electrons. The first-order valence-corrected chi connectivity index (χ1v) is 6.24. The molecule has 0 saturated carbocycles. The van der Waals surface area contributed by atoms with Crippen LogP contribution in [0.5, 0.6) is 11.5 Å². The summed E-state index contributed by atoms with van der Waals surface area (Å²) in [5, 5.41) is 20.0. The van der Waals surface area contributed by atoms with Crippen molar-refractivity contribution in [1.82, 2.24) is 20.2 Å². The molecular weight excluding hydrogens is 258 g/mol. The van der Waals surface area contributed by atoms with E-state index in [9.17, 15) is 0 Å². The molecule has 0 spiro atoms. The van der Waals surface area contributed by atoms with E-state index in [1.165, 1.54) is 4.68 Å². The Morgan fingerprint density at radius 3 is 2.90 bits per heavy atom. The largest absolute Gasteiger partial charge is 0.493 e. The van der Waals surface area contributed by atoms with Crippen LogP contribution in [0.25, 0.3) is 11.4 Å². The van der Waals surface area contributed by atoms with Gasteiger partial charge < -0.3 is 9.47 Å². The summed E-state index contributed by atoms with van der Waals surface area (Å²) in [7, 11) is 1.58. The maximum atomic E-state index is 8.74. The average molecular weight is 273 g/mol. The molecule has 0 aliphatic heterocycles. The molecule has 0 aliphatic rings. The summed E-state index contributed by atoms with van der Waals surface area (Å²) in [6.07, 6.45) is 0.922. The standard InChI is InChI=1S/C13H15N5O2/c1-3-8-20-11-5-4-10(9-12(11)19-2)13-15-16-17-18(13)7-6-14/h4-5,9H,3,7-8H2,1-2H3. The zero-order chi connectivity index (χ0) is 14.4. The summed E-state index contributed by atoms with van der Waals surface area (Å²) >= 11 is 0. The molecule has 7 nitrogen and oxygen atoms in total. The number of hydrogen-bond donors (Lipinski definition) is 0. The summed E-state index contributed by atoms with van der Waals surface area (Å²) < 4.78 is 12.3. The van der Waals surface area contributed by atoms with E-state index in [1.54, 1.807) is 13.2 Å². The molecule has 0 bridgehead atoms. The third kappa shape index (κ3) is 2.85. The third-order valence-electron chi connectivity index (χ3n) is 2.64. The lowest BCUT2D eigenvalue weighted by Crippen LogP contribution is -2.02. The summed E-state index contributed by atoms with van der Waals surface area (Å²) in [6.45, 7) is 2.76. The molecular formula is C13H15N5O2. The quantitative estimate of drug-likeness (QED) is 0.795. The Bertz CT molecular complexity index is 617. The van der Waals surface area contributed by atoms with Gasteiger partial charge in [0, 0.05) is 5.56 Å². The SMILES string of the molecule is CCCOc1ccc(-c2nnnn2CC#N)cc1OC. The van der Waals surface area contributed by atoms with Crippen molar-refractivity contribution in [2.75, 3.05) is 13.7 Å². The Labute approximate surface area is 116 Å². The van der Waals surface area contributed by atoms with E-state index in [0.717, 1.165) is 12.0 Å². The van der Waals surface area contributed by atoms with Gasteiger partial charge in [0.2, 0.25) is 0 Å². The van der Waals surface area contributed by atoms with E-state index in [-0.39, 0.29) is 6.54 Å². The number of nitriles is 1. The van der Waals surface area contributed by atoms with Crippen molar-refractivity contribution in [3.05, 3.63) is 18.2 Å². The summed E-state index contributed by atoms with van der Waals surface area (Å²) in [5.74, 6) is 1.81. The van der Waals surface area contributed by atoms with Crippen molar-refractivity contribution in [2.45, 2.75) is 19.9 Å². The molecule has 1 aromatic heterocycles. The fourth-order valence-corrected chi connectivity index (χ4v) is 1.72. The van der Waals surface area contributed by atoms with Crippen LogP contribution in [-0.2, 0) is 6.54 Å². The lowest BCUT2D eigenvalue weighted by Gasteiger charge is -2.11. The van der Waals surface area contributed by atoms with Crippen LogP contribution in [0.4, 0.5) is 0 Å². The zero-order valence-electron chi connectivity index (χ0n) is 11.4. The first-order valence-electron chi connectivity index (χ1n) is 6.24. The molecule has 0 N–H and O–H groups in total. The van der Waals surface area contributed by atoms with E-state index in [2.05, 4.69) is 15.5 Å². The number of hydrogen-bond acceptors (Lipinski definition) is 6. The third-order valence-corrected chi connectivity index (χ3v) is 2.64. The number of benzene rings is 1. The van der Waals surface area contributed by atoms with Crippen LogP contribution in [0.15, 0.2) is 18.2 Å². The van der Waals surface area contributed by atoms with Gasteiger partial charge in [-0.3, -0.25) is 0 Å². The van der Waals surface area contributed by atoms with Crippen molar-refractivity contribution in [2.24, 2.45) is 0 Å². The molecule has 0 unspecified atom stereocenters. The van der Waals surface area contributed by atoms with Crippen LogP contribution in [0.1, 0.15) is 13.3 Å². The minimum absolute atomic E-state index is 0.0960. The maximum Gasteiger partial charge on any atom is 0.183 e. The van der Waals surface area contributed by atoms with E-state index < -0.39 is 0 Å². The van der Waals surface area contributed by atoms with E-state index in [4.69, 9.17) is 14.7 Å². The molecule has 2 rings (SSSR count). The second-order valence-corrected chi connectivity index (χ2v) is 4.03. The molecule has 7 heteroatoms. The average Bonchev–Trinajstić information content (AvgIpc) is 2.93. The topological polar surface area (TPSA) is 85.9 Å². The second kappa shape index (κ2) is 6.52. The van der Waals surface area contributed by atoms with Gasteiger partial charge in [0.15, 0.2) is 17.3 Å². The van der Waals surface area contributed by atoms with Crippen molar-refractivity contribution < 1.29 is 9.47 Å². The van der Waals surface area contributed by atoms with Gasteiger partial charge >= 0.3 is 0 Å². The van der Waals surface area contributed by atoms with Gasteiger partial charge in [-0.1, -0.05) is 6.92 Å². The maximum absolute atomic E-state index is 8.74. The van der Waals surface area contributed by atoms with Gasteiger partial charge in [-0.05, 0) is 35.0 Å². The number of rotatable bonds is 6. The van der Waals surface area contributed by atoms with Gasteiger partial charge in [0.25, 0.3) is 0 Å². The summed E-state index contributed by atoms with van der Waals surface area (Å²) in [6, 6.07) is 7.46. The first-order chi connectivity index (χ1) is 9.80. The van der Waals surface area contributed by atoms with Crippen LogP contribution < -0.4 is 9.47 Å². The smallest absolute Gasteiger partial charge is 0.183 e. The van der Waals surface area contributed by atoms with Gasteiger partial charge in [-0.25, -0.2) is 4.68 Å². The Hall–Kier alpha value is -2.62. The fourth-order valence-electron chi connectivity index (χ4n) is 1.72. The van der Waals surface area contributed by atoms with Crippen molar-refractivity contribution in [1.29, 1.82) is 5.26 Å². The van der Waals surface area contributed by atoms with Crippen molar-refractivity contribution >= 4 is 0 Å². The van der Waals surface area contributed by atoms with Gasteiger partial charge in [0.05, 0.1) is 19.8 Å². The van der Waals surface area contributed by atoms with E-state index >= 15 is 0 Å². The molecule has 1 heterocycles. The predicted molar refractivity (Wildman–Crippen MR) is 71.2 cm³/mol. The Kier molecular flexibility index (Phi) is 4.50. The minimum atomic E-state index is 0.0960. The highest BCUT2D eigenvalue weighted by molar-refractivity contribution is 5.61. The lowest BCUT2D eigenvalue weighted by atomic mass is 10.2. The van der Waals surface area contributed by atoms with Gasteiger partial charge in [0.1, 0.15) is 6.54 Å². The normalized spacial score (nSPS) is 10.1. The molecule has 104 valence electrons. The number of aromatic nitrogens is 4. The van der Waals surface area contributed by atoms with Crippen molar-refractivity contribution in [3.8, 4) is 29.0 Å². The molecule has 2 aromatic rings. The van der Waals surface area contributed by atoms with Crippen LogP contribution in [-0.4, -0.2) is 33.9 Å². The molecule has 0 amide bonds. The first kappa shape index (κ1) is 13.8. The molecule has 20 heavy (non-hydrogen) atoms. The molecule has 0 atom stereocenters. The highest BCUT2D eigenvalue weighted by Crippen LogP contribution is 2.31. The highest BCUT2D eigenvalue weighted by atomic mass is 16.5. The van der Waals surface area contributed by atoms with Gasteiger partial charge in [-0.2, -0.15) is 5.26 Å². The van der Waals surface area contributed by atoms with Crippen molar-refractivity contribution in [3.63, 3.8) is 0 Å². The summed E-state index contributed by atoms with van der Waals surface area (Å²) in [4.78, 5) is 0. The lowest BCUT2D eigenvalue weighted by molar-refractivity contribution is 0.294. The van der Waals surface area contributed by atoms with Crippen LogP contribution in [0, 0.1) is 11.3 Å². The van der Waals surface area contributed by atoms with Crippen LogP contribution in [0.2, 0.25) is 0 Å². The van der Waals surface area contributed by atoms with E-state index in [1.807, 2.05) is 25.1 Å². The fraction of sp³-hybridized carbons (Fsp3) is 0.385. The van der Waals surface area contributed by atoms with Crippen LogP contribution in [0.3, 0.4) is 0 Å². The Balaban J connectivity index is 2.33. The molecule has 0 saturated heterocycles. The van der Waals surface area contributed by atoms with Crippen LogP contribution >= 0.6 is 0 Å². The molecule has 1 aromatic carbocycles. The van der Waals surface area contributed by atoms with Gasteiger partial charge in [-0.15, -0.1) is 5.10 Å². The zero-order valence-corrected chi connectivity index (χ0v) is 11.4. The molecule has 0 aliphatic carbocycles. The highest BCUT2D eigenvalue weighted by Gasteiger charge is 2.12. The Morgan fingerprint density at radius 2 is 2.20 bits per heavy atom. The number of tetrazole rings is 1. The number of ether oxygens (including phenoxy) is 2. The number of methoxy groups -OCH3 is 1. The minimum Gasteiger partial charge on any atom is -0.493 e.